The lowest BCUT2D eigenvalue weighted by atomic mass is 10.2. The number of benzene rings is 1. The van der Waals surface area contributed by atoms with Crippen molar-refractivity contribution in [1.82, 2.24) is 18.8 Å². The second-order valence-corrected chi connectivity index (χ2v) is 11.1. The Labute approximate surface area is 186 Å². The van der Waals surface area contributed by atoms with E-state index in [1.165, 1.54) is 11.3 Å². The van der Waals surface area contributed by atoms with Crippen LogP contribution in [0.15, 0.2) is 23.1 Å². The molecule has 0 atom stereocenters. The number of rotatable bonds is 6. The van der Waals surface area contributed by atoms with Gasteiger partial charge in [0.25, 0.3) is 0 Å². The third-order valence-corrected chi connectivity index (χ3v) is 8.63. The number of carbonyl (C=O) groups is 1. The number of aromatic nitrogens is 3. The number of nitrogens with one attached hydrogen (secondary N) is 1. The third-order valence-electron chi connectivity index (χ3n) is 5.75. The average Bonchev–Trinajstić information content (AvgIpc) is 3.24. The third kappa shape index (κ3) is 4.51. The first-order valence-corrected chi connectivity index (χ1v) is 12.7. The molecule has 1 saturated heterocycles. The molecule has 1 amide bonds. The first kappa shape index (κ1) is 21.9. The lowest BCUT2D eigenvalue weighted by Gasteiger charge is -2.25. The molecule has 4 rings (SSSR count). The molecule has 0 unspecified atom stereocenters. The van der Waals surface area contributed by atoms with Crippen LogP contribution in [0.25, 0.3) is 11.0 Å². The lowest BCUT2D eigenvalue weighted by Crippen LogP contribution is -2.35. The molecule has 8 nitrogen and oxygen atoms in total. The smallest absolute Gasteiger partial charge is 0.243 e. The molecular weight excluding hydrogens is 434 g/mol. The number of sulfonamides is 1. The first-order valence-electron chi connectivity index (χ1n) is 10.4. The van der Waals surface area contributed by atoms with Gasteiger partial charge < -0.3 is 9.88 Å². The summed E-state index contributed by atoms with van der Waals surface area (Å²) in [5.41, 5.74) is 2.40. The van der Waals surface area contributed by atoms with Gasteiger partial charge in [0.2, 0.25) is 15.9 Å². The summed E-state index contributed by atoms with van der Waals surface area (Å²) < 4.78 is 29.4. The number of fused-ring (bicyclic) bond motifs is 1. The zero-order valence-corrected chi connectivity index (χ0v) is 19.6. The molecular formula is C21H27N5O3S2. The molecule has 3 aromatic rings. The maximum absolute atomic E-state index is 13.0. The Morgan fingerprint density at radius 3 is 2.58 bits per heavy atom. The van der Waals surface area contributed by atoms with Gasteiger partial charge in [-0.15, -0.1) is 11.3 Å². The molecule has 1 aromatic carbocycles. The Kier molecular flexibility index (Phi) is 6.14. The number of nitrogens with zero attached hydrogens (tertiary/aromatic N) is 4. The normalized spacial score (nSPS) is 15.5. The van der Waals surface area contributed by atoms with Crippen LogP contribution in [0, 0.1) is 13.8 Å². The van der Waals surface area contributed by atoms with Crippen LogP contribution in [-0.2, 0) is 28.3 Å². The van der Waals surface area contributed by atoms with E-state index in [0.29, 0.717) is 30.2 Å². The number of hydrogen-bond donors (Lipinski definition) is 1. The molecule has 0 aliphatic carbocycles. The standard InChI is InChI=1S/C21H27N5O3S2/c1-14-15(2)30-21(22-14)24-20(27)10-9-19-23-17-13-16(7-8-18(17)25(19)3)31(28,29)26-11-5-4-6-12-26/h7-8,13H,4-6,9-12H2,1-3H3,(H,22,24,27). The highest BCUT2D eigenvalue weighted by Gasteiger charge is 2.26. The van der Waals surface area contributed by atoms with Crippen LogP contribution >= 0.6 is 11.3 Å². The molecule has 31 heavy (non-hydrogen) atoms. The van der Waals surface area contributed by atoms with Gasteiger partial charge in [0.15, 0.2) is 5.13 Å². The Hall–Kier alpha value is -2.30. The van der Waals surface area contributed by atoms with E-state index in [9.17, 15) is 13.2 Å². The predicted molar refractivity (Wildman–Crippen MR) is 122 cm³/mol. The van der Waals surface area contributed by atoms with Crippen LogP contribution in [0.5, 0.6) is 0 Å². The van der Waals surface area contributed by atoms with Crippen LogP contribution in [0.1, 0.15) is 42.1 Å². The lowest BCUT2D eigenvalue weighted by molar-refractivity contribution is -0.116. The van der Waals surface area contributed by atoms with Crippen LogP contribution in [0.4, 0.5) is 5.13 Å². The number of hydrogen-bond acceptors (Lipinski definition) is 6. The van der Waals surface area contributed by atoms with Gasteiger partial charge in [0, 0.05) is 37.9 Å². The van der Waals surface area contributed by atoms with Crippen molar-refractivity contribution >= 4 is 43.4 Å². The summed E-state index contributed by atoms with van der Waals surface area (Å²) in [5, 5.41) is 3.45. The molecule has 1 N–H and O–H groups in total. The highest BCUT2D eigenvalue weighted by Crippen LogP contribution is 2.25. The molecule has 1 fully saturated rings. The number of thiazole rings is 1. The molecule has 3 heterocycles. The summed E-state index contributed by atoms with van der Waals surface area (Å²) >= 11 is 1.46. The summed E-state index contributed by atoms with van der Waals surface area (Å²) in [6.07, 6.45) is 3.60. The summed E-state index contributed by atoms with van der Waals surface area (Å²) in [6.45, 7) is 5.03. The van der Waals surface area contributed by atoms with E-state index in [2.05, 4.69) is 15.3 Å². The minimum absolute atomic E-state index is 0.117. The second kappa shape index (κ2) is 8.68. The highest BCUT2D eigenvalue weighted by atomic mass is 32.2. The van der Waals surface area contributed by atoms with Crippen LogP contribution in [0.2, 0.25) is 0 Å². The number of imidazole rings is 1. The zero-order chi connectivity index (χ0) is 22.2. The van der Waals surface area contributed by atoms with Crippen molar-refractivity contribution in [2.75, 3.05) is 18.4 Å². The van der Waals surface area contributed by atoms with Crippen molar-refractivity contribution in [3.8, 4) is 0 Å². The number of carbonyl (C=O) groups excluding carboxylic acids is 1. The fraction of sp³-hybridized carbons (Fsp3) is 0.476. The number of amides is 1. The summed E-state index contributed by atoms with van der Waals surface area (Å²) in [5.74, 6) is 0.623. The molecule has 1 aliphatic heterocycles. The average molecular weight is 462 g/mol. The first-order chi connectivity index (χ1) is 14.8. The molecule has 0 radical (unpaired) electrons. The van der Waals surface area contributed by atoms with E-state index < -0.39 is 10.0 Å². The summed E-state index contributed by atoms with van der Waals surface area (Å²) in [6, 6.07) is 5.09. The topological polar surface area (TPSA) is 97.2 Å². The van der Waals surface area contributed by atoms with Gasteiger partial charge in [-0.2, -0.15) is 4.31 Å². The Balaban J connectivity index is 1.49. The van der Waals surface area contributed by atoms with E-state index in [1.54, 1.807) is 22.5 Å². The van der Waals surface area contributed by atoms with E-state index in [1.807, 2.05) is 25.5 Å². The van der Waals surface area contributed by atoms with Gasteiger partial charge in [0.1, 0.15) is 5.82 Å². The SMILES string of the molecule is Cc1nc(NC(=O)CCc2nc3cc(S(=O)(=O)N4CCCCC4)ccc3n2C)sc1C. The van der Waals surface area contributed by atoms with Gasteiger partial charge >= 0.3 is 0 Å². The number of piperidine rings is 1. The molecule has 0 spiro atoms. The van der Waals surface area contributed by atoms with Crippen molar-refractivity contribution in [3.63, 3.8) is 0 Å². The quantitative estimate of drug-likeness (QED) is 0.607. The van der Waals surface area contributed by atoms with Gasteiger partial charge in [-0.1, -0.05) is 6.42 Å². The monoisotopic (exact) mass is 461 g/mol. The minimum atomic E-state index is -3.50. The zero-order valence-electron chi connectivity index (χ0n) is 18.0. The van der Waals surface area contributed by atoms with Crippen LogP contribution in [-0.4, -0.2) is 46.3 Å². The second-order valence-electron chi connectivity index (χ2n) is 7.91. The number of anilines is 1. The summed E-state index contributed by atoms with van der Waals surface area (Å²) in [4.78, 5) is 22.6. The minimum Gasteiger partial charge on any atom is -0.331 e. The molecule has 1 aliphatic rings. The van der Waals surface area contributed by atoms with E-state index >= 15 is 0 Å². The van der Waals surface area contributed by atoms with Crippen LogP contribution in [0.3, 0.4) is 0 Å². The highest BCUT2D eigenvalue weighted by molar-refractivity contribution is 7.89. The number of aryl methyl sites for hydroxylation is 4. The van der Waals surface area contributed by atoms with Gasteiger partial charge in [-0.05, 0) is 44.9 Å². The molecule has 166 valence electrons. The maximum Gasteiger partial charge on any atom is 0.243 e. The maximum atomic E-state index is 13.0. The van der Waals surface area contributed by atoms with E-state index in [4.69, 9.17) is 0 Å². The molecule has 10 heteroatoms. The van der Waals surface area contributed by atoms with Crippen molar-refractivity contribution in [2.24, 2.45) is 7.05 Å². The molecule has 2 aromatic heterocycles. The Morgan fingerprint density at radius 2 is 1.90 bits per heavy atom. The van der Waals surface area contributed by atoms with E-state index in [-0.39, 0.29) is 17.2 Å². The van der Waals surface area contributed by atoms with Gasteiger partial charge in [-0.25, -0.2) is 18.4 Å². The molecule has 0 saturated carbocycles. The fourth-order valence-corrected chi connectivity index (χ4v) is 6.17. The fourth-order valence-electron chi connectivity index (χ4n) is 3.80. The van der Waals surface area contributed by atoms with Gasteiger partial charge in [-0.3, -0.25) is 4.79 Å². The Bertz CT molecular complexity index is 1200. The van der Waals surface area contributed by atoms with Crippen molar-refractivity contribution in [2.45, 2.75) is 50.8 Å². The van der Waals surface area contributed by atoms with Crippen molar-refractivity contribution in [1.29, 1.82) is 0 Å². The Morgan fingerprint density at radius 1 is 1.16 bits per heavy atom. The van der Waals surface area contributed by atoms with Crippen molar-refractivity contribution in [3.05, 3.63) is 34.6 Å². The summed E-state index contributed by atoms with van der Waals surface area (Å²) in [7, 11) is -1.62. The predicted octanol–water partition coefficient (Wildman–Crippen LogP) is 3.39. The van der Waals surface area contributed by atoms with E-state index in [0.717, 1.165) is 41.2 Å². The van der Waals surface area contributed by atoms with Gasteiger partial charge in [0.05, 0.1) is 21.6 Å². The largest absolute Gasteiger partial charge is 0.331 e. The van der Waals surface area contributed by atoms with Crippen molar-refractivity contribution < 1.29 is 13.2 Å². The molecule has 0 bridgehead atoms. The van der Waals surface area contributed by atoms with Crippen LogP contribution < -0.4 is 5.32 Å².